The van der Waals surface area contributed by atoms with Crippen LogP contribution in [0.15, 0.2) is 49.3 Å². The first-order valence-corrected chi connectivity index (χ1v) is 11.9. The fraction of sp³-hybridized carbons (Fsp3) is 0.654. The van der Waals surface area contributed by atoms with Crippen molar-refractivity contribution in [1.82, 2.24) is 0 Å². The summed E-state index contributed by atoms with van der Waals surface area (Å²) in [6, 6.07) is 0. The van der Waals surface area contributed by atoms with E-state index in [1.165, 1.54) is 12.8 Å². The third-order valence-corrected chi connectivity index (χ3v) is 6.21. The van der Waals surface area contributed by atoms with Crippen molar-refractivity contribution in [3.8, 4) is 0 Å². The van der Waals surface area contributed by atoms with Crippen molar-refractivity contribution in [3.63, 3.8) is 0 Å². The summed E-state index contributed by atoms with van der Waals surface area (Å²) in [7, 11) is 0. The fourth-order valence-corrected chi connectivity index (χ4v) is 4.51. The van der Waals surface area contributed by atoms with Gasteiger partial charge in [0.1, 0.15) is 5.78 Å². The second-order valence-corrected chi connectivity index (χ2v) is 8.62. The van der Waals surface area contributed by atoms with Gasteiger partial charge in [0, 0.05) is 24.9 Å². The number of allylic oxidation sites excluding steroid dienone is 3. The van der Waals surface area contributed by atoms with Crippen molar-refractivity contribution < 1.29 is 23.7 Å². The molecule has 2 fully saturated rings. The van der Waals surface area contributed by atoms with E-state index in [1.54, 1.807) is 6.26 Å². The Morgan fingerprint density at radius 1 is 1.29 bits per heavy atom. The third-order valence-electron chi connectivity index (χ3n) is 6.21. The highest BCUT2D eigenvalue weighted by Gasteiger charge is 2.42. The van der Waals surface area contributed by atoms with Crippen LogP contribution in [0.1, 0.15) is 64.7 Å². The molecule has 172 valence electrons. The van der Waals surface area contributed by atoms with Crippen LogP contribution in [0.5, 0.6) is 0 Å². The molecule has 3 rings (SSSR count). The number of rotatable bonds is 12. The Balaban J connectivity index is 1.68. The van der Waals surface area contributed by atoms with E-state index < -0.39 is 6.29 Å². The SMILES string of the molecule is C=CC[C@H]1C(=O)C[C@@H](O[C@H]2C=CC=CO2)[C@@H]1C=C[C@H](CCCCC)OC1CCCCO1. The molecule has 6 atom stereocenters. The molecule has 1 saturated heterocycles. The Kier molecular flexibility index (Phi) is 10.0. The van der Waals surface area contributed by atoms with Gasteiger partial charge in [-0.05, 0) is 44.3 Å². The van der Waals surface area contributed by atoms with Gasteiger partial charge < -0.3 is 18.9 Å². The summed E-state index contributed by atoms with van der Waals surface area (Å²) in [4.78, 5) is 12.7. The van der Waals surface area contributed by atoms with E-state index in [1.807, 2.05) is 24.3 Å². The highest BCUT2D eigenvalue weighted by molar-refractivity contribution is 5.84. The Bertz CT molecular complexity index is 646. The van der Waals surface area contributed by atoms with Gasteiger partial charge in [0.25, 0.3) is 0 Å². The van der Waals surface area contributed by atoms with Crippen molar-refractivity contribution in [2.75, 3.05) is 6.61 Å². The monoisotopic (exact) mass is 430 g/mol. The number of hydrogen-bond donors (Lipinski definition) is 0. The van der Waals surface area contributed by atoms with Gasteiger partial charge in [0.05, 0.1) is 18.5 Å². The maximum absolute atomic E-state index is 12.7. The minimum Gasteiger partial charge on any atom is -0.469 e. The molecule has 2 aliphatic heterocycles. The molecule has 0 N–H and O–H groups in total. The zero-order valence-electron chi connectivity index (χ0n) is 18.8. The molecule has 0 aromatic carbocycles. The first kappa shape index (κ1) is 24.0. The van der Waals surface area contributed by atoms with E-state index in [0.717, 1.165) is 38.7 Å². The van der Waals surface area contributed by atoms with Crippen LogP contribution in [-0.2, 0) is 23.7 Å². The normalized spacial score (nSPS) is 31.8. The topological polar surface area (TPSA) is 54.0 Å². The molecule has 5 heteroatoms. The Hall–Kier alpha value is -1.69. The first-order chi connectivity index (χ1) is 15.2. The molecule has 3 aliphatic rings. The van der Waals surface area contributed by atoms with Crippen LogP contribution in [0.4, 0.5) is 0 Å². The molecule has 0 aromatic heterocycles. The van der Waals surface area contributed by atoms with Crippen LogP contribution in [0.25, 0.3) is 0 Å². The van der Waals surface area contributed by atoms with Crippen LogP contribution in [0, 0.1) is 11.8 Å². The zero-order valence-corrected chi connectivity index (χ0v) is 18.8. The van der Waals surface area contributed by atoms with Gasteiger partial charge in [-0.3, -0.25) is 4.79 Å². The standard InChI is InChI=1S/C26H38O5/c1-3-5-6-12-20(30-25-13-7-9-17-28-25)15-16-22-21(11-4-2)23(27)19-24(22)31-26-14-8-10-18-29-26/h4,8,10,14-16,18,20-22,24-26H,2-3,5-7,9,11-13,17,19H2,1H3/t20-,21+,22+,24+,25?,26-/m0/s1. The number of carbonyl (C=O) groups is 1. The van der Waals surface area contributed by atoms with E-state index in [9.17, 15) is 4.79 Å². The predicted molar refractivity (Wildman–Crippen MR) is 121 cm³/mol. The van der Waals surface area contributed by atoms with Gasteiger partial charge in [0.15, 0.2) is 6.29 Å². The smallest absolute Gasteiger partial charge is 0.219 e. The Labute approximate surface area is 187 Å². The summed E-state index contributed by atoms with van der Waals surface area (Å²) in [5.74, 6) is 0.107. The largest absolute Gasteiger partial charge is 0.469 e. The summed E-state index contributed by atoms with van der Waals surface area (Å²) in [5.41, 5.74) is 0. The van der Waals surface area contributed by atoms with Gasteiger partial charge in [-0.2, -0.15) is 0 Å². The van der Waals surface area contributed by atoms with E-state index in [2.05, 4.69) is 25.7 Å². The van der Waals surface area contributed by atoms with Crippen LogP contribution in [-0.4, -0.2) is 37.2 Å². The average Bonchev–Trinajstić information content (AvgIpc) is 3.07. The number of unbranched alkanes of at least 4 members (excludes halogenated alkanes) is 2. The molecule has 0 amide bonds. The average molecular weight is 431 g/mol. The summed E-state index contributed by atoms with van der Waals surface area (Å²) in [6.45, 7) is 6.83. The molecule has 0 bridgehead atoms. The van der Waals surface area contributed by atoms with Crippen LogP contribution in [0.2, 0.25) is 0 Å². The minimum absolute atomic E-state index is 0.0101. The van der Waals surface area contributed by atoms with E-state index in [-0.39, 0.29) is 36.1 Å². The number of ether oxygens (including phenoxy) is 4. The van der Waals surface area contributed by atoms with Crippen molar-refractivity contribution in [2.45, 2.75) is 89.5 Å². The third kappa shape index (κ3) is 7.44. The highest BCUT2D eigenvalue weighted by atomic mass is 16.7. The Morgan fingerprint density at radius 3 is 2.90 bits per heavy atom. The lowest BCUT2D eigenvalue weighted by Crippen LogP contribution is -2.29. The van der Waals surface area contributed by atoms with Crippen molar-refractivity contribution in [3.05, 3.63) is 49.3 Å². The quantitative estimate of drug-likeness (QED) is 0.297. The molecule has 1 aliphatic carbocycles. The minimum atomic E-state index is -0.451. The molecular formula is C26H38O5. The number of ketones is 1. The maximum atomic E-state index is 12.7. The summed E-state index contributed by atoms with van der Waals surface area (Å²) in [6.07, 6.45) is 21.2. The van der Waals surface area contributed by atoms with E-state index in [0.29, 0.717) is 12.8 Å². The second-order valence-electron chi connectivity index (χ2n) is 8.62. The summed E-state index contributed by atoms with van der Waals surface area (Å²) >= 11 is 0. The number of hydrogen-bond acceptors (Lipinski definition) is 5. The molecule has 2 heterocycles. The summed E-state index contributed by atoms with van der Waals surface area (Å²) < 4.78 is 23.8. The van der Waals surface area contributed by atoms with Crippen LogP contribution >= 0.6 is 0 Å². The highest BCUT2D eigenvalue weighted by Crippen LogP contribution is 2.36. The molecule has 1 unspecified atom stereocenters. The van der Waals surface area contributed by atoms with Crippen molar-refractivity contribution in [1.29, 1.82) is 0 Å². The number of carbonyl (C=O) groups excluding carboxylic acids is 1. The van der Waals surface area contributed by atoms with Gasteiger partial charge >= 0.3 is 0 Å². The lowest BCUT2D eigenvalue weighted by atomic mass is 9.90. The van der Waals surface area contributed by atoms with Gasteiger partial charge in [-0.1, -0.05) is 50.5 Å². The molecule has 0 radical (unpaired) electrons. The second kappa shape index (κ2) is 13.0. The number of Topliss-reactive ketones (excluding diaryl/α,β-unsaturated/α-hetero) is 1. The molecule has 0 aromatic rings. The zero-order chi connectivity index (χ0) is 21.9. The maximum Gasteiger partial charge on any atom is 0.219 e. The predicted octanol–water partition coefficient (Wildman–Crippen LogP) is 5.63. The summed E-state index contributed by atoms with van der Waals surface area (Å²) in [5, 5.41) is 0. The molecular weight excluding hydrogens is 392 g/mol. The van der Waals surface area contributed by atoms with Crippen molar-refractivity contribution >= 4 is 5.78 Å². The lowest BCUT2D eigenvalue weighted by Gasteiger charge is -2.28. The first-order valence-electron chi connectivity index (χ1n) is 11.9. The molecule has 31 heavy (non-hydrogen) atoms. The molecule has 0 spiro atoms. The van der Waals surface area contributed by atoms with Crippen LogP contribution < -0.4 is 0 Å². The van der Waals surface area contributed by atoms with Crippen molar-refractivity contribution in [2.24, 2.45) is 11.8 Å². The van der Waals surface area contributed by atoms with Gasteiger partial charge in [-0.15, -0.1) is 6.58 Å². The lowest BCUT2D eigenvalue weighted by molar-refractivity contribution is -0.179. The van der Waals surface area contributed by atoms with E-state index >= 15 is 0 Å². The van der Waals surface area contributed by atoms with Gasteiger partial charge in [-0.25, -0.2) is 0 Å². The van der Waals surface area contributed by atoms with Crippen LogP contribution in [0.3, 0.4) is 0 Å². The van der Waals surface area contributed by atoms with E-state index in [4.69, 9.17) is 18.9 Å². The molecule has 1 saturated carbocycles. The van der Waals surface area contributed by atoms with Gasteiger partial charge in [0.2, 0.25) is 6.29 Å². The molecule has 5 nitrogen and oxygen atoms in total. The Morgan fingerprint density at radius 2 is 2.19 bits per heavy atom. The fourth-order valence-electron chi connectivity index (χ4n) is 4.51.